The zero-order valence-electron chi connectivity index (χ0n) is 9.15. The molecule has 0 fully saturated rings. The number of hydrogen-bond donors (Lipinski definition) is 2. The highest BCUT2D eigenvalue weighted by molar-refractivity contribution is 5.85. The Morgan fingerprint density at radius 1 is 1.19 bits per heavy atom. The number of aryl methyl sites for hydroxylation is 1. The predicted molar refractivity (Wildman–Crippen MR) is 62.4 cm³/mol. The molecule has 2 N–H and O–H groups in total. The van der Waals surface area contributed by atoms with Gasteiger partial charge in [-0.25, -0.2) is 4.79 Å². The number of phenols is 1. The zero-order chi connectivity index (χ0) is 12.0. The van der Waals surface area contributed by atoms with Crippen molar-refractivity contribution in [2.24, 2.45) is 0 Å². The maximum Gasteiger partial charge on any atom is 0.330 e. The summed E-state index contributed by atoms with van der Waals surface area (Å²) in [7, 11) is 0. The molecule has 0 atom stereocenters. The van der Waals surface area contributed by atoms with E-state index in [0.717, 1.165) is 24.8 Å². The van der Waals surface area contributed by atoms with Crippen LogP contribution in [0, 0.1) is 0 Å². The lowest BCUT2D eigenvalue weighted by Gasteiger charge is -2.02. The third-order valence-electron chi connectivity index (χ3n) is 2.43. The van der Waals surface area contributed by atoms with Crippen LogP contribution in [0.2, 0.25) is 0 Å². The highest BCUT2D eigenvalue weighted by atomic mass is 16.4. The van der Waals surface area contributed by atoms with Gasteiger partial charge in [0.2, 0.25) is 0 Å². The molecule has 0 saturated carbocycles. The molecule has 1 rings (SSSR count). The smallest absolute Gasteiger partial charge is 0.330 e. The summed E-state index contributed by atoms with van der Waals surface area (Å²) in [4.78, 5) is 10.5. The molecule has 0 heterocycles. The Bertz CT molecular complexity index is 365. The normalized spacial score (nSPS) is 10.0. The van der Waals surface area contributed by atoms with Gasteiger partial charge in [0.1, 0.15) is 5.75 Å². The molecule has 0 unspecified atom stereocenters. The van der Waals surface area contributed by atoms with Gasteiger partial charge in [-0.2, -0.15) is 0 Å². The maximum absolute atomic E-state index is 10.5. The average Bonchev–Trinajstić information content (AvgIpc) is 2.26. The lowest BCUT2D eigenvalue weighted by Crippen LogP contribution is -1.98. The van der Waals surface area contributed by atoms with Gasteiger partial charge in [-0.1, -0.05) is 18.7 Å². The summed E-state index contributed by atoms with van der Waals surface area (Å²) in [5, 5.41) is 17.7. The maximum atomic E-state index is 10.5. The number of rotatable bonds is 6. The van der Waals surface area contributed by atoms with E-state index in [2.05, 4.69) is 6.58 Å². The molecule has 1 aromatic carbocycles. The first-order chi connectivity index (χ1) is 7.59. The molecule has 0 amide bonds. The third kappa shape index (κ3) is 4.17. The van der Waals surface area contributed by atoms with Crippen LogP contribution < -0.4 is 0 Å². The molecule has 0 aromatic heterocycles. The number of benzene rings is 1. The molecule has 0 saturated heterocycles. The fourth-order valence-electron chi connectivity index (χ4n) is 1.44. The first-order valence-corrected chi connectivity index (χ1v) is 5.28. The lowest BCUT2D eigenvalue weighted by atomic mass is 10.0. The second-order valence-electron chi connectivity index (χ2n) is 3.78. The molecule has 0 bridgehead atoms. The van der Waals surface area contributed by atoms with Gasteiger partial charge in [-0.15, -0.1) is 0 Å². The summed E-state index contributed by atoms with van der Waals surface area (Å²) < 4.78 is 0. The van der Waals surface area contributed by atoms with Crippen LogP contribution in [0.5, 0.6) is 5.75 Å². The van der Waals surface area contributed by atoms with Crippen molar-refractivity contribution in [1.29, 1.82) is 0 Å². The van der Waals surface area contributed by atoms with Crippen molar-refractivity contribution in [2.75, 3.05) is 0 Å². The van der Waals surface area contributed by atoms with Crippen molar-refractivity contribution in [3.05, 3.63) is 42.0 Å². The molecule has 16 heavy (non-hydrogen) atoms. The average molecular weight is 220 g/mol. The minimum atomic E-state index is -0.912. The monoisotopic (exact) mass is 220 g/mol. The van der Waals surface area contributed by atoms with Crippen molar-refractivity contribution in [1.82, 2.24) is 0 Å². The van der Waals surface area contributed by atoms with Gasteiger partial charge in [0.05, 0.1) is 0 Å². The molecular weight excluding hydrogens is 204 g/mol. The summed E-state index contributed by atoms with van der Waals surface area (Å²) in [6.45, 7) is 3.48. The molecule has 3 heteroatoms. The van der Waals surface area contributed by atoms with Gasteiger partial charge >= 0.3 is 5.97 Å². The van der Waals surface area contributed by atoms with Crippen molar-refractivity contribution >= 4 is 5.97 Å². The van der Waals surface area contributed by atoms with E-state index in [0.29, 0.717) is 6.42 Å². The van der Waals surface area contributed by atoms with Crippen LogP contribution in [0.1, 0.15) is 24.8 Å². The Kier molecular flexibility index (Phi) is 4.58. The Morgan fingerprint density at radius 3 is 2.38 bits per heavy atom. The van der Waals surface area contributed by atoms with E-state index in [1.54, 1.807) is 12.1 Å². The van der Waals surface area contributed by atoms with Gasteiger partial charge in [-0.3, -0.25) is 0 Å². The Labute approximate surface area is 95.0 Å². The van der Waals surface area contributed by atoms with Gasteiger partial charge in [0.15, 0.2) is 0 Å². The summed E-state index contributed by atoms with van der Waals surface area (Å²) in [5.74, 6) is -0.646. The molecule has 86 valence electrons. The molecule has 3 nitrogen and oxygen atoms in total. The Balaban J connectivity index is 2.23. The number of aromatic hydroxyl groups is 1. The lowest BCUT2D eigenvalue weighted by molar-refractivity contribution is -0.132. The number of unbranched alkanes of at least 4 members (excludes halogenated alkanes) is 1. The van der Waals surface area contributed by atoms with E-state index in [1.807, 2.05) is 12.1 Å². The zero-order valence-corrected chi connectivity index (χ0v) is 9.15. The van der Waals surface area contributed by atoms with E-state index in [1.165, 1.54) is 0 Å². The van der Waals surface area contributed by atoms with Gasteiger partial charge in [0.25, 0.3) is 0 Å². The van der Waals surface area contributed by atoms with E-state index < -0.39 is 5.97 Å². The number of hydrogen-bond acceptors (Lipinski definition) is 2. The fraction of sp³-hybridized carbons (Fsp3) is 0.308. The van der Waals surface area contributed by atoms with E-state index in [-0.39, 0.29) is 11.3 Å². The van der Waals surface area contributed by atoms with E-state index in [9.17, 15) is 4.79 Å². The first kappa shape index (κ1) is 12.3. The minimum absolute atomic E-state index is 0.267. The highest BCUT2D eigenvalue weighted by Gasteiger charge is 2.02. The topological polar surface area (TPSA) is 57.5 Å². The Morgan fingerprint density at radius 2 is 1.81 bits per heavy atom. The van der Waals surface area contributed by atoms with Crippen LogP contribution in [0.25, 0.3) is 0 Å². The second-order valence-corrected chi connectivity index (χ2v) is 3.78. The van der Waals surface area contributed by atoms with Crippen LogP contribution in [-0.2, 0) is 11.2 Å². The van der Waals surface area contributed by atoms with Crippen molar-refractivity contribution in [2.45, 2.75) is 25.7 Å². The Hall–Kier alpha value is -1.77. The van der Waals surface area contributed by atoms with E-state index >= 15 is 0 Å². The molecule has 0 aliphatic carbocycles. The summed E-state index contributed by atoms with van der Waals surface area (Å²) in [6.07, 6.45) is 3.18. The number of carboxylic acids is 1. The molecule has 0 aliphatic rings. The standard InChI is InChI=1S/C13H16O3/c1-10(13(15)16)4-2-3-5-11-6-8-12(14)9-7-11/h6-9,14H,1-5H2,(H,15,16). The predicted octanol–water partition coefficient (Wildman–Crippen LogP) is 2.75. The largest absolute Gasteiger partial charge is 0.508 e. The summed E-state index contributed by atoms with van der Waals surface area (Å²) in [5.41, 5.74) is 1.42. The minimum Gasteiger partial charge on any atom is -0.508 e. The van der Waals surface area contributed by atoms with Crippen LogP contribution >= 0.6 is 0 Å². The van der Waals surface area contributed by atoms with Gasteiger partial charge in [0, 0.05) is 5.57 Å². The SMILES string of the molecule is C=C(CCCCc1ccc(O)cc1)C(=O)O. The van der Waals surface area contributed by atoms with Crippen molar-refractivity contribution in [3.8, 4) is 5.75 Å². The third-order valence-corrected chi connectivity index (χ3v) is 2.43. The van der Waals surface area contributed by atoms with Gasteiger partial charge < -0.3 is 10.2 Å². The molecular formula is C13H16O3. The first-order valence-electron chi connectivity index (χ1n) is 5.28. The highest BCUT2D eigenvalue weighted by Crippen LogP contribution is 2.13. The van der Waals surface area contributed by atoms with Crippen molar-refractivity contribution in [3.63, 3.8) is 0 Å². The molecule has 1 aromatic rings. The van der Waals surface area contributed by atoms with Crippen LogP contribution in [0.3, 0.4) is 0 Å². The summed E-state index contributed by atoms with van der Waals surface area (Å²) >= 11 is 0. The molecule has 0 aliphatic heterocycles. The van der Waals surface area contributed by atoms with Crippen LogP contribution in [-0.4, -0.2) is 16.2 Å². The number of carbonyl (C=O) groups is 1. The number of carboxylic acid groups (broad SMARTS) is 1. The number of phenolic OH excluding ortho intramolecular Hbond substituents is 1. The number of aliphatic carboxylic acids is 1. The van der Waals surface area contributed by atoms with Gasteiger partial charge in [-0.05, 0) is 43.4 Å². The molecule has 0 radical (unpaired) electrons. The van der Waals surface area contributed by atoms with Crippen LogP contribution in [0.15, 0.2) is 36.4 Å². The van der Waals surface area contributed by atoms with E-state index in [4.69, 9.17) is 10.2 Å². The van der Waals surface area contributed by atoms with Crippen LogP contribution in [0.4, 0.5) is 0 Å². The quantitative estimate of drug-likeness (QED) is 0.572. The summed E-state index contributed by atoms with van der Waals surface area (Å²) in [6, 6.07) is 7.07. The second kappa shape index (κ2) is 5.95. The molecule has 0 spiro atoms. The van der Waals surface area contributed by atoms with Crippen molar-refractivity contribution < 1.29 is 15.0 Å². The fourth-order valence-corrected chi connectivity index (χ4v) is 1.44.